The molecule has 0 heterocycles. The van der Waals surface area contributed by atoms with Gasteiger partial charge in [-0.15, -0.1) is 0 Å². The first kappa shape index (κ1) is 13.4. The molecule has 0 atom stereocenters. The van der Waals surface area contributed by atoms with Crippen LogP contribution in [0.5, 0.6) is 0 Å². The monoisotopic (exact) mass is 236 g/mol. The smallest absolute Gasteiger partial charge is 0.0298 e. The number of hydrogen-bond acceptors (Lipinski definition) is 0. The second kappa shape index (κ2) is 6.25. The molecule has 0 aromatic carbocycles. The van der Waals surface area contributed by atoms with Crippen molar-refractivity contribution in [2.45, 2.75) is 90.9 Å². The Morgan fingerprint density at radius 1 is 0.529 bits per heavy atom. The van der Waals surface area contributed by atoms with Gasteiger partial charge in [-0.25, -0.2) is 0 Å². The van der Waals surface area contributed by atoms with Crippen molar-refractivity contribution in [1.29, 1.82) is 0 Å². The molecule has 0 unspecified atom stereocenters. The number of rotatable bonds is 2. The van der Waals surface area contributed by atoms with Crippen molar-refractivity contribution in [3.63, 3.8) is 0 Å². The molecule has 0 heteroatoms. The summed E-state index contributed by atoms with van der Waals surface area (Å²) in [5.74, 6) is 2.04. The van der Waals surface area contributed by atoms with Crippen LogP contribution in [0.4, 0.5) is 0 Å². The van der Waals surface area contributed by atoms with Gasteiger partial charge in [0.2, 0.25) is 0 Å². The molecule has 100 valence electrons. The van der Waals surface area contributed by atoms with Crippen LogP contribution in [0.15, 0.2) is 0 Å². The average Bonchev–Trinajstić information content (AvgIpc) is 2.74. The van der Waals surface area contributed by atoms with Gasteiger partial charge in [-0.05, 0) is 42.9 Å². The van der Waals surface area contributed by atoms with Gasteiger partial charge in [0.05, 0.1) is 0 Å². The topological polar surface area (TPSA) is 0 Å². The van der Waals surface area contributed by atoms with Crippen LogP contribution >= 0.6 is 0 Å². The Hall–Kier alpha value is 0. The van der Waals surface area contributed by atoms with E-state index in [4.69, 9.17) is 0 Å². The number of hydrogen-bond donors (Lipinski definition) is 0. The van der Waals surface area contributed by atoms with Crippen molar-refractivity contribution >= 4 is 0 Å². The summed E-state index contributed by atoms with van der Waals surface area (Å²) in [6, 6.07) is 0. The third kappa shape index (κ3) is 3.48. The molecule has 0 aliphatic heterocycles. The van der Waals surface area contributed by atoms with E-state index in [-0.39, 0.29) is 0 Å². The van der Waals surface area contributed by atoms with Crippen molar-refractivity contribution < 1.29 is 0 Å². The van der Waals surface area contributed by atoms with Crippen LogP contribution in [0.1, 0.15) is 90.9 Å². The van der Waals surface area contributed by atoms with Crippen molar-refractivity contribution in [2.24, 2.45) is 17.3 Å². The molecule has 2 rings (SSSR count). The standard InChI is InChI=1S/C17H32/c1-17(2,15-11-7-3-4-8-12-15)16-13-9-5-6-10-14-16/h15-16H,3-14H2,1-2H3. The predicted octanol–water partition coefficient (Wildman–Crippen LogP) is 5.95. The Labute approximate surface area is 109 Å². The lowest BCUT2D eigenvalue weighted by molar-refractivity contribution is 0.0885. The van der Waals surface area contributed by atoms with Gasteiger partial charge in [0.1, 0.15) is 0 Å². The molecule has 0 bridgehead atoms. The van der Waals surface area contributed by atoms with Crippen LogP contribution in [0.25, 0.3) is 0 Å². The van der Waals surface area contributed by atoms with Gasteiger partial charge in [0.15, 0.2) is 0 Å². The van der Waals surface area contributed by atoms with E-state index in [0.29, 0.717) is 5.41 Å². The van der Waals surface area contributed by atoms with E-state index in [1.165, 1.54) is 77.0 Å². The summed E-state index contributed by atoms with van der Waals surface area (Å²) in [6.07, 6.45) is 18.1. The summed E-state index contributed by atoms with van der Waals surface area (Å²) in [6.45, 7) is 5.19. The first-order valence-electron chi connectivity index (χ1n) is 8.21. The molecule has 2 saturated carbocycles. The van der Waals surface area contributed by atoms with E-state index in [1.54, 1.807) is 0 Å². The van der Waals surface area contributed by atoms with E-state index in [0.717, 1.165) is 11.8 Å². The van der Waals surface area contributed by atoms with E-state index in [2.05, 4.69) is 13.8 Å². The van der Waals surface area contributed by atoms with Gasteiger partial charge in [-0.3, -0.25) is 0 Å². The molecule has 2 aliphatic rings. The van der Waals surface area contributed by atoms with Gasteiger partial charge in [0, 0.05) is 0 Å². The van der Waals surface area contributed by atoms with Gasteiger partial charge >= 0.3 is 0 Å². The van der Waals surface area contributed by atoms with Crippen LogP contribution in [0, 0.1) is 17.3 Å². The maximum Gasteiger partial charge on any atom is -0.0298 e. The fourth-order valence-electron chi connectivity index (χ4n) is 4.38. The molecule has 2 aliphatic carbocycles. The minimum Gasteiger partial charge on any atom is -0.0594 e. The lowest BCUT2D eigenvalue weighted by Crippen LogP contribution is -2.32. The average molecular weight is 236 g/mol. The van der Waals surface area contributed by atoms with Crippen molar-refractivity contribution in [1.82, 2.24) is 0 Å². The predicted molar refractivity (Wildman–Crippen MR) is 76.2 cm³/mol. The zero-order chi connectivity index (χ0) is 12.1. The molecule has 0 radical (unpaired) electrons. The van der Waals surface area contributed by atoms with E-state index >= 15 is 0 Å². The normalized spacial score (nSPS) is 26.5. The zero-order valence-electron chi connectivity index (χ0n) is 12.1. The lowest BCUT2D eigenvalue weighted by atomic mass is 9.64. The molecule has 0 N–H and O–H groups in total. The van der Waals surface area contributed by atoms with Crippen molar-refractivity contribution in [2.75, 3.05) is 0 Å². The van der Waals surface area contributed by atoms with Gasteiger partial charge in [-0.2, -0.15) is 0 Å². The van der Waals surface area contributed by atoms with Crippen molar-refractivity contribution in [3.8, 4) is 0 Å². The van der Waals surface area contributed by atoms with Crippen LogP contribution in [0.2, 0.25) is 0 Å². The molecule has 0 amide bonds. The molecular weight excluding hydrogens is 204 g/mol. The van der Waals surface area contributed by atoms with Gasteiger partial charge in [-0.1, -0.05) is 65.2 Å². The second-order valence-corrected chi connectivity index (χ2v) is 7.20. The summed E-state index contributed by atoms with van der Waals surface area (Å²) in [4.78, 5) is 0. The Kier molecular flexibility index (Phi) is 4.94. The summed E-state index contributed by atoms with van der Waals surface area (Å²) < 4.78 is 0. The lowest BCUT2D eigenvalue weighted by Gasteiger charge is -2.41. The molecule has 17 heavy (non-hydrogen) atoms. The Bertz CT molecular complexity index is 178. The first-order chi connectivity index (χ1) is 8.21. The van der Waals surface area contributed by atoms with Crippen LogP contribution in [0.3, 0.4) is 0 Å². The van der Waals surface area contributed by atoms with Gasteiger partial charge < -0.3 is 0 Å². The maximum atomic E-state index is 2.60. The third-order valence-corrected chi connectivity index (χ3v) is 5.81. The molecular formula is C17H32. The first-order valence-corrected chi connectivity index (χ1v) is 8.21. The Morgan fingerprint density at radius 3 is 1.12 bits per heavy atom. The summed E-state index contributed by atoms with van der Waals surface area (Å²) in [5, 5.41) is 0. The van der Waals surface area contributed by atoms with E-state index < -0.39 is 0 Å². The minimum absolute atomic E-state index is 0.620. The highest BCUT2D eigenvalue weighted by molar-refractivity contribution is 4.87. The molecule has 0 aromatic heterocycles. The van der Waals surface area contributed by atoms with Crippen LogP contribution < -0.4 is 0 Å². The molecule has 0 nitrogen and oxygen atoms in total. The quantitative estimate of drug-likeness (QED) is 0.519. The minimum atomic E-state index is 0.620. The van der Waals surface area contributed by atoms with Crippen LogP contribution in [-0.2, 0) is 0 Å². The summed E-state index contributed by atoms with van der Waals surface area (Å²) in [5.41, 5.74) is 0.620. The largest absolute Gasteiger partial charge is 0.0594 e. The maximum absolute atomic E-state index is 2.60. The van der Waals surface area contributed by atoms with Crippen molar-refractivity contribution in [3.05, 3.63) is 0 Å². The molecule has 0 spiro atoms. The van der Waals surface area contributed by atoms with Crippen LogP contribution in [-0.4, -0.2) is 0 Å². The zero-order valence-corrected chi connectivity index (χ0v) is 12.1. The van der Waals surface area contributed by atoms with Gasteiger partial charge in [0.25, 0.3) is 0 Å². The highest BCUT2D eigenvalue weighted by Crippen LogP contribution is 2.47. The highest BCUT2D eigenvalue weighted by Gasteiger charge is 2.36. The molecule has 0 saturated heterocycles. The molecule has 0 aromatic rings. The fraction of sp³-hybridized carbons (Fsp3) is 1.00. The summed E-state index contributed by atoms with van der Waals surface area (Å²) >= 11 is 0. The van der Waals surface area contributed by atoms with E-state index in [1.807, 2.05) is 0 Å². The summed E-state index contributed by atoms with van der Waals surface area (Å²) in [7, 11) is 0. The second-order valence-electron chi connectivity index (χ2n) is 7.20. The Morgan fingerprint density at radius 2 is 0.824 bits per heavy atom. The Balaban J connectivity index is 1.98. The SMILES string of the molecule is CC(C)(C1CCCCCC1)C1CCCCCC1. The highest BCUT2D eigenvalue weighted by atomic mass is 14.4. The fourth-order valence-corrected chi connectivity index (χ4v) is 4.38. The molecule has 2 fully saturated rings. The third-order valence-electron chi connectivity index (χ3n) is 5.81. The van der Waals surface area contributed by atoms with E-state index in [9.17, 15) is 0 Å².